The molecule has 1 unspecified atom stereocenters. The van der Waals surface area contributed by atoms with Crippen molar-refractivity contribution in [1.82, 2.24) is 9.80 Å². The highest BCUT2D eigenvalue weighted by molar-refractivity contribution is 6.00. The molecular weight excluding hydrogens is 250 g/mol. The van der Waals surface area contributed by atoms with Gasteiger partial charge < -0.3 is 10.6 Å². The molecule has 110 valence electrons. The molecule has 2 N–H and O–H groups in total. The molecule has 4 heteroatoms. The normalized spacial score (nSPS) is 18.8. The molecule has 20 heavy (non-hydrogen) atoms. The van der Waals surface area contributed by atoms with Gasteiger partial charge in [0.05, 0.1) is 5.56 Å². The number of nitrogen functional groups attached to an aromatic ring is 1. The summed E-state index contributed by atoms with van der Waals surface area (Å²) in [4.78, 5) is 17.0. The first-order valence-corrected chi connectivity index (χ1v) is 7.46. The highest BCUT2D eigenvalue weighted by atomic mass is 16.2. The van der Waals surface area contributed by atoms with E-state index in [0.717, 1.165) is 38.2 Å². The lowest BCUT2D eigenvalue weighted by Crippen LogP contribution is -2.38. The summed E-state index contributed by atoms with van der Waals surface area (Å²) in [7, 11) is 0. The number of hydrogen-bond donors (Lipinski definition) is 1. The minimum Gasteiger partial charge on any atom is -0.398 e. The van der Waals surface area contributed by atoms with Gasteiger partial charge in [-0.25, -0.2) is 0 Å². The summed E-state index contributed by atoms with van der Waals surface area (Å²) in [6.45, 7) is 10.0. The summed E-state index contributed by atoms with van der Waals surface area (Å²) in [5.41, 5.74) is 8.20. The van der Waals surface area contributed by atoms with Gasteiger partial charge in [-0.3, -0.25) is 9.69 Å². The van der Waals surface area contributed by atoms with Gasteiger partial charge in [0, 0.05) is 24.8 Å². The lowest BCUT2D eigenvalue weighted by atomic mass is 10.1. The summed E-state index contributed by atoms with van der Waals surface area (Å²) in [5, 5.41) is 0. The zero-order valence-corrected chi connectivity index (χ0v) is 12.7. The van der Waals surface area contributed by atoms with Crippen LogP contribution in [0.15, 0.2) is 18.2 Å². The largest absolute Gasteiger partial charge is 0.398 e. The number of hydrogen-bond acceptors (Lipinski definition) is 3. The van der Waals surface area contributed by atoms with Gasteiger partial charge in [0.2, 0.25) is 0 Å². The van der Waals surface area contributed by atoms with Crippen LogP contribution in [0.3, 0.4) is 0 Å². The molecule has 0 spiro atoms. The Bertz CT molecular complexity index is 462. The van der Waals surface area contributed by atoms with E-state index in [2.05, 4.69) is 18.7 Å². The maximum Gasteiger partial charge on any atom is 0.256 e. The van der Waals surface area contributed by atoms with E-state index in [1.165, 1.54) is 0 Å². The van der Waals surface area contributed by atoms with Crippen LogP contribution in [-0.4, -0.2) is 47.9 Å². The minimum absolute atomic E-state index is 0.0789. The Morgan fingerprint density at radius 3 is 2.70 bits per heavy atom. The third-order valence-corrected chi connectivity index (χ3v) is 4.30. The Kier molecular flexibility index (Phi) is 4.65. The number of amides is 1. The van der Waals surface area contributed by atoms with Gasteiger partial charge in [0.25, 0.3) is 5.91 Å². The molecule has 1 atom stereocenters. The summed E-state index contributed by atoms with van der Waals surface area (Å²) in [5.74, 6) is 0.0789. The predicted octanol–water partition coefficient (Wildman–Crippen LogP) is 2.13. The van der Waals surface area contributed by atoms with Gasteiger partial charge >= 0.3 is 0 Å². The van der Waals surface area contributed by atoms with Gasteiger partial charge in [-0.15, -0.1) is 0 Å². The van der Waals surface area contributed by atoms with Crippen LogP contribution in [0.1, 0.15) is 36.2 Å². The standard InChI is InChI=1S/C16H25N3O/c1-4-18(5-2)13-9-10-19(11-13)16(20)15-12(3)7-6-8-14(15)17/h6-8,13H,4-5,9-11,17H2,1-3H3. The van der Waals surface area contributed by atoms with Crippen molar-refractivity contribution in [3.8, 4) is 0 Å². The summed E-state index contributed by atoms with van der Waals surface area (Å²) in [6, 6.07) is 6.13. The number of likely N-dealkylation sites (N-methyl/N-ethyl adjacent to an activating group) is 1. The number of aryl methyl sites for hydroxylation is 1. The molecule has 1 aliphatic rings. The van der Waals surface area contributed by atoms with Gasteiger partial charge in [-0.05, 0) is 38.1 Å². The van der Waals surface area contributed by atoms with Crippen molar-refractivity contribution < 1.29 is 4.79 Å². The van der Waals surface area contributed by atoms with Crippen LogP contribution in [-0.2, 0) is 0 Å². The first-order chi connectivity index (χ1) is 9.58. The maximum absolute atomic E-state index is 12.7. The Morgan fingerprint density at radius 1 is 1.40 bits per heavy atom. The van der Waals surface area contributed by atoms with Crippen LogP contribution in [0.25, 0.3) is 0 Å². The van der Waals surface area contributed by atoms with Crippen molar-refractivity contribution in [2.75, 3.05) is 31.9 Å². The Hall–Kier alpha value is -1.55. The molecule has 0 saturated carbocycles. The molecule has 4 nitrogen and oxygen atoms in total. The lowest BCUT2D eigenvalue weighted by Gasteiger charge is -2.26. The molecule has 1 aliphatic heterocycles. The maximum atomic E-state index is 12.7. The van der Waals surface area contributed by atoms with E-state index in [1.807, 2.05) is 24.0 Å². The molecule has 1 aromatic carbocycles. The molecule has 1 saturated heterocycles. The molecule has 0 aromatic heterocycles. The average molecular weight is 275 g/mol. The lowest BCUT2D eigenvalue weighted by molar-refractivity contribution is 0.0778. The van der Waals surface area contributed by atoms with E-state index in [4.69, 9.17) is 5.73 Å². The first kappa shape index (κ1) is 14.9. The Morgan fingerprint density at radius 2 is 2.10 bits per heavy atom. The topological polar surface area (TPSA) is 49.6 Å². The summed E-state index contributed by atoms with van der Waals surface area (Å²) < 4.78 is 0. The fraction of sp³-hybridized carbons (Fsp3) is 0.562. The van der Waals surface area contributed by atoms with Crippen molar-refractivity contribution in [3.05, 3.63) is 29.3 Å². The van der Waals surface area contributed by atoms with Crippen molar-refractivity contribution in [1.29, 1.82) is 0 Å². The quantitative estimate of drug-likeness (QED) is 0.856. The number of benzene rings is 1. The summed E-state index contributed by atoms with van der Waals surface area (Å²) in [6.07, 6.45) is 1.05. The van der Waals surface area contributed by atoms with Gasteiger partial charge in [-0.2, -0.15) is 0 Å². The van der Waals surface area contributed by atoms with E-state index in [-0.39, 0.29) is 5.91 Å². The Balaban J connectivity index is 2.12. The van der Waals surface area contributed by atoms with Gasteiger partial charge in [-0.1, -0.05) is 26.0 Å². The van der Waals surface area contributed by atoms with Crippen molar-refractivity contribution in [2.45, 2.75) is 33.2 Å². The van der Waals surface area contributed by atoms with E-state index in [1.54, 1.807) is 6.07 Å². The second-order valence-corrected chi connectivity index (χ2v) is 5.45. The van der Waals surface area contributed by atoms with Crippen LogP contribution in [0.5, 0.6) is 0 Å². The SMILES string of the molecule is CCN(CC)C1CCN(C(=O)c2c(C)cccc2N)C1. The second kappa shape index (κ2) is 6.27. The molecule has 1 aromatic rings. The van der Waals surface area contributed by atoms with Crippen LogP contribution in [0.2, 0.25) is 0 Å². The zero-order valence-electron chi connectivity index (χ0n) is 12.7. The second-order valence-electron chi connectivity index (χ2n) is 5.45. The highest BCUT2D eigenvalue weighted by Gasteiger charge is 2.30. The van der Waals surface area contributed by atoms with Crippen molar-refractivity contribution >= 4 is 11.6 Å². The number of anilines is 1. The fourth-order valence-corrected chi connectivity index (χ4v) is 3.11. The fourth-order valence-electron chi connectivity index (χ4n) is 3.11. The van der Waals surface area contributed by atoms with Crippen molar-refractivity contribution in [3.63, 3.8) is 0 Å². The molecule has 0 radical (unpaired) electrons. The molecule has 1 fully saturated rings. The van der Waals surface area contributed by atoms with E-state index in [0.29, 0.717) is 17.3 Å². The third kappa shape index (κ3) is 2.80. The van der Waals surface area contributed by atoms with Crippen LogP contribution in [0, 0.1) is 6.92 Å². The number of carbonyl (C=O) groups is 1. The minimum atomic E-state index is 0.0789. The molecule has 2 rings (SSSR count). The smallest absolute Gasteiger partial charge is 0.256 e. The number of nitrogens with two attached hydrogens (primary N) is 1. The molecule has 1 amide bonds. The number of nitrogens with zero attached hydrogens (tertiary/aromatic N) is 2. The zero-order chi connectivity index (χ0) is 14.7. The highest BCUT2D eigenvalue weighted by Crippen LogP contribution is 2.23. The molecular formula is C16H25N3O. The number of carbonyl (C=O) groups excluding carboxylic acids is 1. The molecule has 0 bridgehead atoms. The van der Waals surface area contributed by atoms with E-state index in [9.17, 15) is 4.79 Å². The summed E-state index contributed by atoms with van der Waals surface area (Å²) >= 11 is 0. The van der Waals surface area contributed by atoms with Crippen LogP contribution in [0.4, 0.5) is 5.69 Å². The van der Waals surface area contributed by atoms with Crippen molar-refractivity contribution in [2.24, 2.45) is 0 Å². The van der Waals surface area contributed by atoms with Gasteiger partial charge in [0.15, 0.2) is 0 Å². The average Bonchev–Trinajstić information content (AvgIpc) is 2.89. The van der Waals surface area contributed by atoms with E-state index < -0.39 is 0 Å². The van der Waals surface area contributed by atoms with Crippen LogP contribution >= 0.6 is 0 Å². The predicted molar refractivity (Wildman–Crippen MR) is 82.8 cm³/mol. The van der Waals surface area contributed by atoms with Gasteiger partial charge in [0.1, 0.15) is 0 Å². The Labute approximate surface area is 121 Å². The monoisotopic (exact) mass is 275 g/mol. The molecule has 1 heterocycles. The molecule has 0 aliphatic carbocycles. The number of likely N-dealkylation sites (tertiary alicyclic amines) is 1. The van der Waals surface area contributed by atoms with E-state index >= 15 is 0 Å². The third-order valence-electron chi connectivity index (χ3n) is 4.30. The number of rotatable bonds is 4. The van der Waals surface area contributed by atoms with Crippen LogP contribution < -0.4 is 5.73 Å². The first-order valence-electron chi connectivity index (χ1n) is 7.46.